The molecule has 5 aromatic rings. The average Bonchev–Trinajstić information content (AvgIpc) is 3.08. The third-order valence-electron chi connectivity index (χ3n) is 6.69. The highest BCUT2D eigenvalue weighted by Gasteiger charge is 2.21. The van der Waals surface area contributed by atoms with Crippen LogP contribution in [-0.4, -0.2) is 75.9 Å². The highest BCUT2D eigenvalue weighted by Crippen LogP contribution is 2.37. The molecule has 0 bridgehead atoms. The topological polar surface area (TPSA) is 332 Å². The summed E-state index contributed by atoms with van der Waals surface area (Å²) < 4.78 is 114. The molecule has 5 rings (SSSR count). The molecular formula is C29H22FN9O12S3. The van der Waals surface area contributed by atoms with E-state index in [2.05, 4.69) is 46.3 Å². The quantitative estimate of drug-likeness (QED) is 0.0219. The lowest BCUT2D eigenvalue weighted by atomic mass is 10.2. The molecule has 0 atom stereocenters. The number of hydrogen-bond donors (Lipinski definition) is 8. The Kier molecular flexibility index (Phi) is 10.9. The lowest BCUT2D eigenvalue weighted by Gasteiger charge is -2.13. The van der Waals surface area contributed by atoms with E-state index in [1.54, 1.807) is 18.2 Å². The van der Waals surface area contributed by atoms with Crippen molar-refractivity contribution in [1.29, 1.82) is 0 Å². The van der Waals surface area contributed by atoms with Gasteiger partial charge in [-0.2, -0.15) is 49.7 Å². The largest absolute Gasteiger partial charge is 0.504 e. The molecule has 0 aliphatic rings. The van der Waals surface area contributed by atoms with Crippen LogP contribution in [0.4, 0.5) is 39.0 Å². The van der Waals surface area contributed by atoms with Crippen LogP contribution in [0.3, 0.4) is 0 Å². The molecule has 8 N–H and O–H groups in total. The van der Waals surface area contributed by atoms with E-state index in [0.717, 1.165) is 42.5 Å². The van der Waals surface area contributed by atoms with Gasteiger partial charge in [-0.25, -0.2) is 4.79 Å². The number of anilines is 5. The second kappa shape index (κ2) is 15.2. The maximum Gasteiger partial charge on any atom is 0.337 e. The summed E-state index contributed by atoms with van der Waals surface area (Å²) >= 11 is 0. The molecule has 0 radical (unpaired) electrons. The maximum atomic E-state index is 14.5. The Morgan fingerprint density at radius 1 is 0.685 bits per heavy atom. The van der Waals surface area contributed by atoms with Crippen LogP contribution < -0.4 is 16.1 Å². The van der Waals surface area contributed by atoms with Crippen LogP contribution in [0.1, 0.15) is 15.9 Å². The number of hydrogen-bond acceptors (Lipinski definition) is 16. The first kappa shape index (κ1) is 38.7. The number of nitrogens with one attached hydrogen (secondary N) is 3. The Labute approximate surface area is 303 Å². The van der Waals surface area contributed by atoms with Crippen molar-refractivity contribution in [2.75, 3.05) is 16.1 Å². The Morgan fingerprint density at radius 3 is 1.93 bits per heavy atom. The summed E-state index contributed by atoms with van der Waals surface area (Å²) in [7, 11) is -14.4. The third-order valence-corrected chi connectivity index (χ3v) is 9.22. The van der Waals surface area contributed by atoms with E-state index in [4.69, 9.17) is 0 Å². The Hall–Kier alpha value is -6.51. The zero-order valence-corrected chi connectivity index (χ0v) is 28.9. The number of phenols is 1. The summed E-state index contributed by atoms with van der Waals surface area (Å²) in [5.74, 6) is -3.86. The molecule has 25 heteroatoms. The minimum absolute atomic E-state index is 0.0149. The molecule has 280 valence electrons. The van der Waals surface area contributed by atoms with Gasteiger partial charge in [0.1, 0.15) is 11.4 Å². The molecule has 1 heterocycles. The summed E-state index contributed by atoms with van der Waals surface area (Å²) in [5.41, 5.74) is 0.400. The van der Waals surface area contributed by atoms with Gasteiger partial charge in [-0.05, 0) is 48.5 Å². The standard InChI is InChI=1S/C29H22FN9O12S3/c30-27-33-28(31-16-7-4-8-17(11-16)52(43,44)45)35-29(34-27)32-22-13-19(54(49,50)51)14-23(24(22)40)37-39-25(15-5-2-1-3-6-15)38-36-21-12-18(53(46,47)48)9-10-20(21)26(41)42/h1-14,37,40H,(H,41,42)(H,43,44,45)(H,46,47,48)(H,49,50,51)(H2,31,32,33,34,35)/b38-36+,39-25+. The summed E-state index contributed by atoms with van der Waals surface area (Å²) in [4.78, 5) is 20.5. The molecule has 0 fully saturated rings. The van der Waals surface area contributed by atoms with Crippen LogP contribution >= 0.6 is 0 Å². The lowest BCUT2D eigenvalue weighted by Crippen LogP contribution is -2.08. The molecule has 4 aromatic carbocycles. The number of amidine groups is 1. The third kappa shape index (κ3) is 9.67. The van der Waals surface area contributed by atoms with E-state index in [9.17, 15) is 58.3 Å². The SMILES string of the molecule is O=C(O)c1ccc(S(=O)(=O)O)cc1/N=N/C(=N/Nc1cc(S(=O)(=O)O)cc(Nc2nc(F)nc(Nc3cccc(S(=O)(=O)O)c3)n2)c1O)c1ccccc1. The van der Waals surface area contributed by atoms with Crippen molar-refractivity contribution in [3.63, 3.8) is 0 Å². The smallest absolute Gasteiger partial charge is 0.337 e. The highest BCUT2D eigenvalue weighted by atomic mass is 32.2. The number of carbonyl (C=O) groups is 1. The van der Waals surface area contributed by atoms with Crippen LogP contribution in [0.5, 0.6) is 5.75 Å². The molecule has 0 saturated heterocycles. The van der Waals surface area contributed by atoms with Crippen LogP contribution in [0, 0.1) is 6.08 Å². The second-order valence-corrected chi connectivity index (χ2v) is 14.7. The number of azo groups is 1. The van der Waals surface area contributed by atoms with E-state index in [1.807, 2.05) is 0 Å². The highest BCUT2D eigenvalue weighted by molar-refractivity contribution is 7.86. The van der Waals surface area contributed by atoms with E-state index in [0.29, 0.717) is 0 Å². The van der Waals surface area contributed by atoms with Gasteiger partial charge in [-0.15, -0.1) is 10.2 Å². The first-order valence-corrected chi connectivity index (χ1v) is 18.6. The summed E-state index contributed by atoms with van der Waals surface area (Å²) in [6, 6.07) is 16.2. The first-order chi connectivity index (χ1) is 25.3. The fourth-order valence-corrected chi connectivity index (χ4v) is 5.83. The van der Waals surface area contributed by atoms with Crippen molar-refractivity contribution in [2.24, 2.45) is 15.3 Å². The van der Waals surface area contributed by atoms with Crippen LogP contribution in [0.15, 0.2) is 115 Å². The predicted molar refractivity (Wildman–Crippen MR) is 185 cm³/mol. The second-order valence-electron chi connectivity index (χ2n) is 10.4. The van der Waals surface area contributed by atoms with Crippen molar-refractivity contribution >= 4 is 76.8 Å². The number of phenolic OH excluding ortho intramolecular Hbond substituents is 1. The Balaban J connectivity index is 1.53. The first-order valence-electron chi connectivity index (χ1n) is 14.3. The number of carboxylic acids is 1. The van der Waals surface area contributed by atoms with Gasteiger partial charge in [-0.3, -0.25) is 19.1 Å². The number of aromatic carboxylic acids is 1. The monoisotopic (exact) mass is 803 g/mol. The minimum atomic E-state index is -5.01. The lowest BCUT2D eigenvalue weighted by molar-refractivity contribution is 0.0697. The minimum Gasteiger partial charge on any atom is -0.504 e. The van der Waals surface area contributed by atoms with E-state index < -0.39 is 97.4 Å². The Bertz CT molecular complexity index is 2680. The number of benzene rings is 4. The number of rotatable bonds is 12. The molecule has 21 nitrogen and oxygen atoms in total. The van der Waals surface area contributed by atoms with Crippen molar-refractivity contribution in [3.05, 3.63) is 102 Å². The van der Waals surface area contributed by atoms with Gasteiger partial charge in [0.2, 0.25) is 17.7 Å². The summed E-state index contributed by atoms with van der Waals surface area (Å²) in [5, 5.41) is 37.2. The van der Waals surface area contributed by atoms with Crippen molar-refractivity contribution in [3.8, 4) is 5.75 Å². The molecule has 0 amide bonds. The molecular weight excluding hydrogens is 782 g/mol. The molecule has 1 aromatic heterocycles. The number of halogens is 1. The van der Waals surface area contributed by atoms with Gasteiger partial charge in [0, 0.05) is 11.3 Å². The zero-order chi connectivity index (χ0) is 39.4. The normalized spacial score (nSPS) is 12.4. The molecule has 0 aliphatic heterocycles. The fraction of sp³-hybridized carbons (Fsp3) is 0. The number of aromatic nitrogens is 3. The number of nitrogens with zero attached hydrogens (tertiary/aromatic N) is 6. The van der Waals surface area contributed by atoms with Crippen LogP contribution in [-0.2, 0) is 30.4 Å². The van der Waals surface area contributed by atoms with Gasteiger partial charge >= 0.3 is 12.0 Å². The van der Waals surface area contributed by atoms with Gasteiger partial charge in [0.05, 0.1) is 25.9 Å². The fourth-order valence-electron chi connectivity index (χ4n) is 4.26. The average molecular weight is 804 g/mol. The van der Waals surface area contributed by atoms with Gasteiger partial charge in [0.25, 0.3) is 30.4 Å². The molecule has 0 saturated carbocycles. The molecule has 0 unspecified atom stereocenters. The summed E-state index contributed by atoms with van der Waals surface area (Å²) in [6.45, 7) is 0. The van der Waals surface area contributed by atoms with E-state index >= 15 is 0 Å². The molecule has 0 aliphatic carbocycles. The number of hydrazone groups is 1. The van der Waals surface area contributed by atoms with Gasteiger partial charge in [-0.1, -0.05) is 36.4 Å². The number of aromatic hydroxyl groups is 1. The van der Waals surface area contributed by atoms with Crippen LogP contribution in [0.25, 0.3) is 0 Å². The number of carboxylic acid groups (broad SMARTS) is 1. The van der Waals surface area contributed by atoms with Crippen molar-refractivity contribution in [2.45, 2.75) is 14.7 Å². The van der Waals surface area contributed by atoms with E-state index in [1.165, 1.54) is 24.3 Å². The zero-order valence-electron chi connectivity index (χ0n) is 26.5. The maximum absolute atomic E-state index is 14.5. The molecule has 54 heavy (non-hydrogen) atoms. The predicted octanol–water partition coefficient (Wildman–Crippen LogP) is 4.20. The summed E-state index contributed by atoms with van der Waals surface area (Å²) in [6.07, 6.45) is -1.40. The molecule has 0 spiro atoms. The van der Waals surface area contributed by atoms with E-state index in [-0.39, 0.29) is 17.1 Å². The van der Waals surface area contributed by atoms with Crippen molar-refractivity contribution in [1.82, 2.24) is 15.0 Å². The van der Waals surface area contributed by atoms with Gasteiger partial charge in [0.15, 0.2) is 5.75 Å². The van der Waals surface area contributed by atoms with Gasteiger partial charge < -0.3 is 20.8 Å². The van der Waals surface area contributed by atoms with Crippen LogP contribution in [0.2, 0.25) is 0 Å². The van der Waals surface area contributed by atoms with Crippen molar-refractivity contribution < 1.29 is 58.3 Å². The Morgan fingerprint density at radius 2 is 1.30 bits per heavy atom.